The minimum atomic E-state index is -3.72. The molecule has 0 saturated carbocycles. The summed E-state index contributed by atoms with van der Waals surface area (Å²) in [4.78, 5) is 19.7. The standard InChI is InChI=1S/C22H29N3O5S/c1-16-13-25(14-17(2)30-16)15-18-5-7-19(8-6-18)22(26)23-20-9-11-21(12-10-20)31(27,28)24(3)29-4/h5-12,16-17H,13-15H2,1-4H3,(H,23,26). The molecule has 1 aliphatic heterocycles. The van der Waals surface area contributed by atoms with Crippen LogP contribution in [0.3, 0.4) is 0 Å². The number of amides is 1. The maximum atomic E-state index is 12.6. The Morgan fingerprint density at radius 3 is 2.23 bits per heavy atom. The van der Waals surface area contributed by atoms with Gasteiger partial charge in [-0.2, -0.15) is 0 Å². The van der Waals surface area contributed by atoms with E-state index in [1.807, 2.05) is 12.1 Å². The minimum Gasteiger partial charge on any atom is -0.373 e. The van der Waals surface area contributed by atoms with Gasteiger partial charge in [-0.1, -0.05) is 16.6 Å². The summed E-state index contributed by atoms with van der Waals surface area (Å²) in [6, 6.07) is 13.4. The van der Waals surface area contributed by atoms with Crippen LogP contribution in [0.5, 0.6) is 0 Å². The number of hydrogen-bond donors (Lipinski definition) is 1. The Bertz CT molecular complexity index is 983. The number of ether oxygens (including phenoxy) is 1. The smallest absolute Gasteiger partial charge is 0.264 e. The summed E-state index contributed by atoms with van der Waals surface area (Å²) in [6.45, 7) is 6.74. The maximum absolute atomic E-state index is 12.6. The third kappa shape index (κ3) is 5.90. The lowest BCUT2D eigenvalue weighted by atomic mass is 10.1. The number of carbonyl (C=O) groups is 1. The highest BCUT2D eigenvalue weighted by atomic mass is 32.2. The molecule has 0 bridgehead atoms. The molecule has 9 heteroatoms. The number of nitrogens with one attached hydrogen (secondary N) is 1. The van der Waals surface area contributed by atoms with E-state index in [-0.39, 0.29) is 23.0 Å². The molecule has 0 spiro atoms. The SMILES string of the molecule is CON(C)S(=O)(=O)c1ccc(NC(=O)c2ccc(CN3CC(C)OC(C)C3)cc2)cc1. The van der Waals surface area contributed by atoms with Gasteiger partial charge in [-0.05, 0) is 55.8 Å². The van der Waals surface area contributed by atoms with Crippen molar-refractivity contribution < 1.29 is 22.8 Å². The number of carbonyl (C=O) groups excluding carboxylic acids is 1. The lowest BCUT2D eigenvalue weighted by Gasteiger charge is -2.35. The maximum Gasteiger partial charge on any atom is 0.264 e. The van der Waals surface area contributed by atoms with E-state index < -0.39 is 10.0 Å². The summed E-state index contributed by atoms with van der Waals surface area (Å²) in [6.07, 6.45) is 0.426. The van der Waals surface area contributed by atoms with E-state index in [9.17, 15) is 13.2 Å². The van der Waals surface area contributed by atoms with Crippen molar-refractivity contribution in [2.24, 2.45) is 0 Å². The molecule has 1 amide bonds. The van der Waals surface area contributed by atoms with Gasteiger partial charge < -0.3 is 10.1 Å². The van der Waals surface area contributed by atoms with Crippen molar-refractivity contribution in [2.45, 2.75) is 37.5 Å². The summed E-state index contributed by atoms with van der Waals surface area (Å²) in [5, 5.41) is 2.79. The average molecular weight is 448 g/mol. The van der Waals surface area contributed by atoms with Gasteiger partial charge in [0.05, 0.1) is 24.2 Å². The van der Waals surface area contributed by atoms with E-state index in [2.05, 4.69) is 24.1 Å². The summed E-state index contributed by atoms with van der Waals surface area (Å²) >= 11 is 0. The van der Waals surface area contributed by atoms with Crippen molar-refractivity contribution in [3.63, 3.8) is 0 Å². The Hall–Kier alpha value is -2.30. The van der Waals surface area contributed by atoms with Crippen LogP contribution in [0.1, 0.15) is 29.8 Å². The van der Waals surface area contributed by atoms with Gasteiger partial charge >= 0.3 is 0 Å². The zero-order chi connectivity index (χ0) is 22.6. The predicted octanol–water partition coefficient (Wildman–Crippen LogP) is 2.73. The normalized spacial score (nSPS) is 20.0. The fourth-order valence-corrected chi connectivity index (χ4v) is 4.57. The van der Waals surface area contributed by atoms with Gasteiger partial charge in [-0.25, -0.2) is 8.42 Å². The van der Waals surface area contributed by atoms with E-state index >= 15 is 0 Å². The summed E-state index contributed by atoms with van der Waals surface area (Å²) in [5.41, 5.74) is 2.17. The fraction of sp³-hybridized carbons (Fsp3) is 0.409. The first-order valence-electron chi connectivity index (χ1n) is 10.1. The van der Waals surface area contributed by atoms with Gasteiger partial charge in [0.15, 0.2) is 0 Å². The zero-order valence-electron chi connectivity index (χ0n) is 18.2. The Labute approximate surface area is 183 Å². The highest BCUT2D eigenvalue weighted by molar-refractivity contribution is 7.89. The molecule has 3 rings (SSSR count). The summed E-state index contributed by atoms with van der Waals surface area (Å²) < 4.78 is 31.0. The number of morpholine rings is 1. The molecule has 2 aromatic carbocycles. The van der Waals surface area contributed by atoms with Crippen molar-refractivity contribution in [3.05, 3.63) is 59.7 Å². The van der Waals surface area contributed by atoms with Gasteiger partial charge in [-0.15, -0.1) is 0 Å². The van der Waals surface area contributed by atoms with Crippen molar-refractivity contribution in [2.75, 3.05) is 32.6 Å². The predicted molar refractivity (Wildman–Crippen MR) is 118 cm³/mol. The minimum absolute atomic E-state index is 0.0750. The molecule has 0 radical (unpaired) electrons. The van der Waals surface area contributed by atoms with Gasteiger partial charge in [0.1, 0.15) is 0 Å². The van der Waals surface area contributed by atoms with Crippen molar-refractivity contribution in [3.8, 4) is 0 Å². The van der Waals surface area contributed by atoms with Crippen LogP contribution in [0.4, 0.5) is 5.69 Å². The summed E-state index contributed by atoms with van der Waals surface area (Å²) in [5.74, 6) is -0.259. The second kappa shape index (κ2) is 9.88. The van der Waals surface area contributed by atoms with Gasteiger partial charge in [0, 0.05) is 37.9 Å². The second-order valence-electron chi connectivity index (χ2n) is 7.72. The molecule has 2 aromatic rings. The van der Waals surface area contributed by atoms with Crippen LogP contribution in [0, 0.1) is 0 Å². The van der Waals surface area contributed by atoms with E-state index in [0.717, 1.165) is 29.7 Å². The molecule has 2 unspecified atom stereocenters. The number of rotatable bonds is 7. The third-order valence-electron chi connectivity index (χ3n) is 5.12. The number of hydrogen-bond acceptors (Lipinski definition) is 6. The van der Waals surface area contributed by atoms with Gasteiger partial charge in [0.25, 0.3) is 15.9 Å². The Morgan fingerprint density at radius 2 is 1.68 bits per heavy atom. The van der Waals surface area contributed by atoms with Crippen LogP contribution in [0.2, 0.25) is 0 Å². The first kappa shape index (κ1) is 23.4. The monoisotopic (exact) mass is 447 g/mol. The van der Waals surface area contributed by atoms with Crippen LogP contribution in [0.15, 0.2) is 53.4 Å². The van der Waals surface area contributed by atoms with E-state index in [4.69, 9.17) is 9.57 Å². The topological polar surface area (TPSA) is 88.2 Å². The molecule has 1 saturated heterocycles. The van der Waals surface area contributed by atoms with Crippen molar-refractivity contribution in [1.82, 2.24) is 9.37 Å². The molecule has 31 heavy (non-hydrogen) atoms. The quantitative estimate of drug-likeness (QED) is 0.657. The highest BCUT2D eigenvalue weighted by Crippen LogP contribution is 2.19. The Morgan fingerprint density at radius 1 is 1.10 bits per heavy atom. The van der Waals surface area contributed by atoms with Crippen LogP contribution in [-0.2, 0) is 26.1 Å². The average Bonchev–Trinajstić information content (AvgIpc) is 2.73. The lowest BCUT2D eigenvalue weighted by molar-refractivity contribution is -0.0704. The lowest BCUT2D eigenvalue weighted by Crippen LogP contribution is -2.44. The molecule has 8 nitrogen and oxygen atoms in total. The van der Waals surface area contributed by atoms with Crippen LogP contribution >= 0.6 is 0 Å². The molecule has 168 valence electrons. The Kier molecular flexibility index (Phi) is 7.45. The number of sulfonamides is 1. The first-order valence-corrected chi connectivity index (χ1v) is 11.5. The van der Waals surface area contributed by atoms with Crippen molar-refractivity contribution in [1.29, 1.82) is 0 Å². The van der Waals surface area contributed by atoms with E-state index in [1.165, 1.54) is 26.3 Å². The molecule has 1 aliphatic rings. The fourth-order valence-electron chi connectivity index (χ4n) is 3.59. The highest BCUT2D eigenvalue weighted by Gasteiger charge is 2.22. The van der Waals surface area contributed by atoms with Crippen LogP contribution < -0.4 is 5.32 Å². The second-order valence-corrected chi connectivity index (χ2v) is 9.66. The number of anilines is 1. The van der Waals surface area contributed by atoms with Gasteiger partial charge in [0.2, 0.25) is 0 Å². The summed E-state index contributed by atoms with van der Waals surface area (Å²) in [7, 11) is -1.13. The number of nitrogens with zero attached hydrogens (tertiary/aromatic N) is 2. The molecule has 1 heterocycles. The molecule has 1 fully saturated rings. The van der Waals surface area contributed by atoms with Gasteiger partial charge in [-0.3, -0.25) is 14.5 Å². The number of hydroxylamine groups is 1. The zero-order valence-corrected chi connectivity index (χ0v) is 19.1. The first-order chi connectivity index (χ1) is 14.7. The Balaban J connectivity index is 1.61. The van der Waals surface area contributed by atoms with E-state index in [0.29, 0.717) is 11.3 Å². The molecule has 0 aliphatic carbocycles. The van der Waals surface area contributed by atoms with Crippen LogP contribution in [0.25, 0.3) is 0 Å². The molecule has 2 atom stereocenters. The third-order valence-corrected chi connectivity index (χ3v) is 6.82. The number of benzene rings is 2. The van der Waals surface area contributed by atoms with E-state index in [1.54, 1.807) is 24.3 Å². The molecule has 0 aromatic heterocycles. The largest absolute Gasteiger partial charge is 0.373 e. The van der Waals surface area contributed by atoms with Crippen LogP contribution in [-0.4, -0.2) is 63.1 Å². The van der Waals surface area contributed by atoms with Crippen molar-refractivity contribution >= 4 is 21.6 Å². The molecular weight excluding hydrogens is 418 g/mol. The molecule has 1 N–H and O–H groups in total. The molecular formula is C22H29N3O5S.